The van der Waals surface area contributed by atoms with Gasteiger partial charge in [0.1, 0.15) is 43.0 Å². The maximum Gasteiger partial charge on any atom is 0.412 e. The average Bonchev–Trinajstić information content (AvgIpc) is 1.56. The normalized spacial score (nSPS) is 16.8. The zero-order valence-electron chi connectivity index (χ0n) is 85.0. The van der Waals surface area contributed by atoms with E-state index >= 15 is 0 Å². The minimum atomic E-state index is -2.06. The molecule has 0 spiro atoms. The third-order valence-electron chi connectivity index (χ3n) is 22.5. The number of nitrogens with two attached hydrogens (primary N) is 1. The number of aliphatic hydroxyl groups is 4. The number of amides is 4. The van der Waals surface area contributed by atoms with Crippen molar-refractivity contribution in [2.24, 2.45) is 5.73 Å². The highest BCUT2D eigenvalue weighted by molar-refractivity contribution is 6.07. The molecule has 6 heterocycles. The molecule has 0 bridgehead atoms. The first-order chi connectivity index (χ1) is 71.9. The Kier molecular flexibility index (Phi) is 64.2. The number of anilines is 2. The molecular formula is C98H155N7O42. The Bertz CT molecular complexity index is 4400. The van der Waals surface area contributed by atoms with Crippen molar-refractivity contribution in [2.45, 2.75) is 134 Å². The summed E-state index contributed by atoms with van der Waals surface area (Å²) in [7, 11) is 1.64. The number of benzene rings is 2. The molecule has 2 aromatic heterocycles. The van der Waals surface area contributed by atoms with Crippen LogP contribution in [0.1, 0.15) is 93.0 Å². The Hall–Kier alpha value is -8.38. The standard InChI is InChI=1S/C98H155N7O42/c1-4-6-9-72-73-67-105-79(65-75-74(93(105)112)69-142-96(115)98(75,117)5-2)85(73)103-78-66-81-90(145-70-144-81)86(84(72)78)104-97(116)143-68-71-11-12-80(146-95-89(110)87(108)88(109)91(147-95)94(113)114)77(64-71)102-83(107)13-16-101-92(111)76(99)10-7-8-15-100-82(106)14-17-119-20-21-121-24-25-123-28-29-125-32-33-127-36-37-129-40-41-131-44-45-133-48-49-135-52-53-137-56-57-139-60-61-141-63-62-140-59-58-138-55-54-136-51-50-134-47-46-132-43-42-130-39-38-128-35-34-126-31-30-124-27-26-122-23-22-120-19-18-118-3/h11-12,64-66,76,87-89,91,95,108-110,117H,4-10,13-63,67-70,99H2,1-3H3,(H,100,106)(H,101,111)(H,102,107)(H,104,116)(H,113,114)/t76-,87-,88-,89+,91-,95+,98-/m0/s1. The summed E-state index contributed by atoms with van der Waals surface area (Å²) in [6, 6.07) is 6.37. The van der Waals surface area contributed by atoms with Crippen molar-refractivity contribution in [1.29, 1.82) is 0 Å². The Morgan fingerprint density at radius 1 is 0.497 bits per heavy atom. The maximum atomic E-state index is 14.2. The van der Waals surface area contributed by atoms with Crippen LogP contribution in [0.5, 0.6) is 17.2 Å². The number of ether oxygens (including phenoxy) is 30. The number of aliphatic carboxylic acids is 1. The number of aromatic nitrogens is 2. The number of fused-ring (bicyclic) bond motifs is 6. The van der Waals surface area contributed by atoms with Crippen LogP contribution in [0.15, 0.2) is 35.1 Å². The number of carboxylic acids is 1. The molecule has 7 atom stereocenters. The van der Waals surface area contributed by atoms with Crippen molar-refractivity contribution >= 4 is 58.0 Å². The number of cyclic esters (lactones) is 1. The van der Waals surface area contributed by atoms with E-state index in [2.05, 4.69) is 21.3 Å². The van der Waals surface area contributed by atoms with Crippen molar-refractivity contribution in [2.75, 3.05) is 348 Å². The molecule has 0 saturated carbocycles. The van der Waals surface area contributed by atoms with Gasteiger partial charge in [-0.2, -0.15) is 0 Å². The molecule has 49 heteroatoms. The monoisotopic (exact) mass is 2100 g/mol. The van der Waals surface area contributed by atoms with Crippen LogP contribution in [0.25, 0.3) is 22.3 Å². The van der Waals surface area contributed by atoms with E-state index in [0.717, 1.165) is 12.0 Å². The number of carbonyl (C=O) groups excluding carboxylic acids is 5. The highest BCUT2D eigenvalue weighted by Crippen LogP contribution is 2.49. The van der Waals surface area contributed by atoms with Gasteiger partial charge in [-0.3, -0.25) is 24.5 Å². The lowest BCUT2D eigenvalue weighted by Crippen LogP contribution is -2.61. The zero-order chi connectivity index (χ0) is 105. The number of pyridine rings is 2. The van der Waals surface area contributed by atoms with Gasteiger partial charge in [0.15, 0.2) is 23.2 Å². The molecule has 1 saturated heterocycles. The van der Waals surface area contributed by atoms with Gasteiger partial charge in [-0.1, -0.05) is 26.3 Å². The van der Waals surface area contributed by atoms with Gasteiger partial charge in [0.2, 0.25) is 30.8 Å². The molecule has 4 aliphatic heterocycles. The summed E-state index contributed by atoms with van der Waals surface area (Å²) in [5.74, 6) is -3.78. The number of aryl methyl sites for hydroxylation is 1. The molecule has 49 nitrogen and oxygen atoms in total. The van der Waals surface area contributed by atoms with E-state index in [1.807, 2.05) is 6.92 Å². The van der Waals surface area contributed by atoms with Gasteiger partial charge in [0, 0.05) is 55.6 Å². The van der Waals surface area contributed by atoms with Gasteiger partial charge in [0.25, 0.3) is 5.56 Å². The number of rotatable bonds is 92. The molecular weight excluding hydrogens is 1950 g/mol. The summed E-state index contributed by atoms with van der Waals surface area (Å²) in [5.41, 5.74) is 6.87. The van der Waals surface area contributed by atoms with Crippen molar-refractivity contribution in [3.63, 3.8) is 0 Å². The van der Waals surface area contributed by atoms with E-state index in [1.54, 1.807) is 26.2 Å². The molecule has 147 heavy (non-hydrogen) atoms. The van der Waals surface area contributed by atoms with Gasteiger partial charge in [-0.05, 0) is 67.9 Å². The molecule has 4 aliphatic rings. The number of hydrogen-bond donors (Lipinski definition) is 10. The number of nitrogens with one attached hydrogen (secondary N) is 4. The van der Waals surface area contributed by atoms with Crippen molar-refractivity contribution in [3.8, 4) is 28.6 Å². The third kappa shape index (κ3) is 47.6. The average molecular weight is 2100 g/mol. The molecule has 4 amide bonds. The Labute approximate surface area is 855 Å². The van der Waals surface area contributed by atoms with Crippen molar-refractivity contribution in [3.05, 3.63) is 68.5 Å². The third-order valence-corrected chi connectivity index (χ3v) is 22.5. The summed E-state index contributed by atoms with van der Waals surface area (Å²) >= 11 is 0. The highest BCUT2D eigenvalue weighted by atomic mass is 16.7. The second kappa shape index (κ2) is 76.2. The predicted molar refractivity (Wildman–Crippen MR) is 521 cm³/mol. The molecule has 0 radical (unpaired) electrons. The second-order valence-corrected chi connectivity index (χ2v) is 33.3. The van der Waals surface area contributed by atoms with Gasteiger partial charge in [-0.15, -0.1) is 0 Å². The van der Waals surface area contributed by atoms with Crippen molar-refractivity contribution < 1.29 is 196 Å². The first-order valence-electron chi connectivity index (χ1n) is 50.4. The summed E-state index contributed by atoms with van der Waals surface area (Å²) in [6.45, 7) is 23.9. The molecule has 11 N–H and O–H groups in total. The number of unbranched alkanes of at least 4 members (excludes halogenated alkanes) is 2. The smallest absolute Gasteiger partial charge is 0.412 e. The molecule has 0 unspecified atom stereocenters. The first kappa shape index (κ1) is 124. The molecule has 8 rings (SSSR count). The van der Waals surface area contributed by atoms with Gasteiger partial charge >= 0.3 is 18.0 Å². The number of hydrogen-bond acceptors (Lipinski definition) is 43. The number of carbonyl (C=O) groups is 6. The maximum absolute atomic E-state index is 14.2. The van der Waals surface area contributed by atoms with Crippen LogP contribution in [0.3, 0.4) is 0 Å². The number of carboxylic acid groups (broad SMARTS) is 1. The molecule has 834 valence electrons. The van der Waals surface area contributed by atoms with E-state index in [4.69, 9.17) is 153 Å². The summed E-state index contributed by atoms with van der Waals surface area (Å²) < 4.78 is 167. The lowest BCUT2D eigenvalue weighted by atomic mass is 9.86. The zero-order valence-corrected chi connectivity index (χ0v) is 85.0. The summed E-state index contributed by atoms with van der Waals surface area (Å²) in [5, 5.41) is 64.4. The van der Waals surface area contributed by atoms with Crippen LogP contribution in [0.4, 0.5) is 16.2 Å². The predicted octanol–water partition coefficient (Wildman–Crippen LogP) is 1.65. The quantitative estimate of drug-likeness (QED) is 0.0195. The fraction of sp³-hybridized carbons (Fsp3) is 0.735. The SMILES string of the molecule is CCCCc1c2c(nc3cc4c(c(NC(=O)OCc5ccc(O[C@@H]6O[C@H](C(=O)O)[C@@H](O)[C@H](O)[C@H]6O)c(NC(=O)CCNC(=O)[C@@H](N)CCCCNC(=O)CCOCCOCCOCCOCCOCCOCCOCCOCCOCCOCCOCCOCCOCCOCCOCCOCCOCCOCCOCCOCCOCCOCCOCCOC)c5)c13)OCO4)-c1cc3c(c(=O)n1C2)COC(=O)[C@]3(O)CC. The Morgan fingerprint density at radius 2 is 0.939 bits per heavy atom. The largest absolute Gasteiger partial charge is 0.479 e. The fourth-order valence-electron chi connectivity index (χ4n) is 14.7. The van der Waals surface area contributed by atoms with Crippen molar-refractivity contribution in [1.82, 2.24) is 20.2 Å². The summed E-state index contributed by atoms with van der Waals surface area (Å²) in [6.07, 6.45) is -8.03. The van der Waals surface area contributed by atoms with Crippen LogP contribution in [-0.4, -0.2) is 445 Å². The van der Waals surface area contributed by atoms with E-state index in [1.165, 1.54) is 22.8 Å². The summed E-state index contributed by atoms with van der Waals surface area (Å²) in [4.78, 5) is 97.4. The van der Waals surface area contributed by atoms with Crippen LogP contribution in [-0.2, 0) is 184 Å². The van der Waals surface area contributed by atoms with E-state index in [9.17, 15) is 59.1 Å². The fourth-order valence-corrected chi connectivity index (χ4v) is 14.7. The van der Waals surface area contributed by atoms with Gasteiger partial charge in [-0.25, -0.2) is 19.4 Å². The number of esters is 1. The lowest BCUT2D eigenvalue weighted by molar-refractivity contribution is -0.271. The minimum absolute atomic E-state index is 0.0483. The number of aliphatic hydroxyl groups excluding tert-OH is 3. The van der Waals surface area contributed by atoms with Gasteiger partial charge in [0.05, 0.1) is 351 Å². The molecule has 1 fully saturated rings. The van der Waals surface area contributed by atoms with Crippen LogP contribution >= 0.6 is 0 Å². The number of methoxy groups -OCH3 is 1. The molecule has 4 aromatic rings. The molecule has 2 aromatic carbocycles. The van der Waals surface area contributed by atoms with Gasteiger partial charge < -0.3 is 194 Å². The number of nitrogens with zero attached hydrogens (tertiary/aromatic N) is 2. The van der Waals surface area contributed by atoms with Crippen LogP contribution in [0.2, 0.25) is 0 Å². The lowest BCUT2D eigenvalue weighted by Gasteiger charge is -2.38. The highest BCUT2D eigenvalue weighted by Gasteiger charge is 2.49. The van der Waals surface area contributed by atoms with E-state index in [0.29, 0.717) is 357 Å². The first-order valence-corrected chi connectivity index (χ1v) is 50.4. The second-order valence-electron chi connectivity index (χ2n) is 33.3. The van der Waals surface area contributed by atoms with Crippen LogP contribution in [0, 0.1) is 0 Å². The Balaban J connectivity index is 0.531. The topological polar surface area (TPSA) is 590 Å². The minimum Gasteiger partial charge on any atom is -0.479 e. The van der Waals surface area contributed by atoms with Crippen LogP contribution < -0.4 is 46.8 Å². The van der Waals surface area contributed by atoms with E-state index < -0.39 is 84.4 Å². The molecule has 0 aliphatic carbocycles. The van der Waals surface area contributed by atoms with E-state index in [-0.39, 0.29) is 117 Å². The Morgan fingerprint density at radius 3 is 1.37 bits per heavy atom.